The molecule has 1 aromatic rings. The van der Waals surface area contributed by atoms with E-state index in [1.165, 1.54) is 0 Å². The van der Waals surface area contributed by atoms with Crippen molar-refractivity contribution in [3.05, 3.63) is 29.8 Å². The Morgan fingerprint density at radius 3 is 2.54 bits per heavy atom. The summed E-state index contributed by atoms with van der Waals surface area (Å²) in [7, 11) is 2.07. The minimum Gasteiger partial charge on any atom is -0.364 e. The average Bonchev–Trinajstić information content (AvgIpc) is 3.12. The molecule has 3 rings (SSSR count). The van der Waals surface area contributed by atoms with Crippen molar-refractivity contribution in [1.29, 1.82) is 0 Å². The van der Waals surface area contributed by atoms with E-state index >= 15 is 0 Å². The largest absolute Gasteiger partial charge is 0.364 e. The fourth-order valence-corrected chi connectivity index (χ4v) is 3.40. The molecule has 28 heavy (non-hydrogen) atoms. The van der Waals surface area contributed by atoms with E-state index in [1.54, 1.807) is 0 Å². The molecule has 0 unspecified atom stereocenters. The van der Waals surface area contributed by atoms with Gasteiger partial charge in [0, 0.05) is 38.4 Å². The van der Waals surface area contributed by atoms with Gasteiger partial charge in [0.1, 0.15) is 6.10 Å². The highest BCUT2D eigenvalue weighted by atomic mass is 35.5. The predicted octanol–water partition coefficient (Wildman–Crippen LogP) is 1.29. The summed E-state index contributed by atoms with van der Waals surface area (Å²) >= 11 is 0. The van der Waals surface area contributed by atoms with Crippen molar-refractivity contribution < 1.29 is 14.3 Å². The first-order chi connectivity index (χ1) is 12.5. The molecule has 7 nitrogen and oxygen atoms in total. The normalized spacial score (nSPS) is 22.1. The predicted molar refractivity (Wildman–Crippen MR) is 114 cm³/mol. The lowest BCUT2D eigenvalue weighted by atomic mass is 10.1. The van der Waals surface area contributed by atoms with E-state index in [0.717, 1.165) is 38.2 Å². The first kappa shape index (κ1) is 24.7. The molecule has 3 N–H and O–H groups in total. The van der Waals surface area contributed by atoms with Crippen LogP contribution in [0.1, 0.15) is 18.4 Å². The molecule has 0 aromatic heterocycles. The van der Waals surface area contributed by atoms with Gasteiger partial charge in [-0.1, -0.05) is 12.1 Å². The molecule has 9 heteroatoms. The zero-order chi connectivity index (χ0) is 18.5. The van der Waals surface area contributed by atoms with Crippen molar-refractivity contribution in [2.45, 2.75) is 31.5 Å². The second-order valence-electron chi connectivity index (χ2n) is 7.11. The quantitative estimate of drug-likeness (QED) is 0.731. The van der Waals surface area contributed by atoms with E-state index < -0.39 is 6.10 Å². The van der Waals surface area contributed by atoms with E-state index in [4.69, 9.17) is 10.5 Å². The van der Waals surface area contributed by atoms with Crippen molar-refractivity contribution in [3.63, 3.8) is 0 Å². The van der Waals surface area contributed by atoms with Crippen LogP contribution in [0.15, 0.2) is 24.3 Å². The maximum Gasteiger partial charge on any atom is 0.253 e. The molecular weight excluding hydrogens is 403 g/mol. The van der Waals surface area contributed by atoms with Crippen LogP contribution in [0.5, 0.6) is 0 Å². The van der Waals surface area contributed by atoms with Crippen LogP contribution in [0, 0.1) is 0 Å². The molecule has 0 spiro atoms. The van der Waals surface area contributed by atoms with E-state index in [-0.39, 0.29) is 42.7 Å². The molecule has 2 fully saturated rings. The van der Waals surface area contributed by atoms with Gasteiger partial charge in [-0.2, -0.15) is 0 Å². The fraction of sp³-hybridized carbons (Fsp3) is 0.579. The molecule has 0 saturated carbocycles. The smallest absolute Gasteiger partial charge is 0.253 e. The van der Waals surface area contributed by atoms with Crippen molar-refractivity contribution in [2.24, 2.45) is 5.73 Å². The summed E-state index contributed by atoms with van der Waals surface area (Å²) in [4.78, 5) is 28.9. The lowest BCUT2D eigenvalue weighted by Crippen LogP contribution is -2.47. The van der Waals surface area contributed by atoms with Gasteiger partial charge >= 0.3 is 0 Å². The Bertz CT molecular complexity index is 623. The Kier molecular flexibility index (Phi) is 10.2. The second-order valence-corrected chi connectivity index (χ2v) is 7.11. The van der Waals surface area contributed by atoms with Gasteiger partial charge in [0.15, 0.2) is 0 Å². The van der Waals surface area contributed by atoms with Gasteiger partial charge in [0.05, 0.1) is 12.5 Å². The monoisotopic (exact) mass is 432 g/mol. The summed E-state index contributed by atoms with van der Waals surface area (Å²) in [6.07, 6.45) is 1.38. The summed E-state index contributed by atoms with van der Waals surface area (Å²) in [5, 5.41) is 2.89. The molecule has 2 saturated heterocycles. The maximum atomic E-state index is 12.5. The van der Waals surface area contributed by atoms with Gasteiger partial charge in [-0.3, -0.25) is 9.59 Å². The number of anilines is 1. The number of hydrogen-bond acceptors (Lipinski definition) is 5. The molecule has 1 aromatic carbocycles. The SMILES string of the molecule is CN1CCN(C(=O)Cc2cccc(NC(=O)[C@@H]3CC[C@H](CN)O3)c2)CC1.Cl.Cl. The number of carbonyl (C=O) groups excluding carboxylic acids is 2. The number of likely N-dealkylation sites (N-methyl/N-ethyl adjacent to an activating group) is 1. The summed E-state index contributed by atoms with van der Waals surface area (Å²) in [5.74, 6) is -0.0185. The van der Waals surface area contributed by atoms with Gasteiger partial charge in [-0.25, -0.2) is 0 Å². The number of nitrogens with one attached hydrogen (secondary N) is 1. The Hall–Kier alpha value is -1.38. The van der Waals surface area contributed by atoms with Crippen molar-refractivity contribution in [1.82, 2.24) is 9.80 Å². The topological polar surface area (TPSA) is 87.9 Å². The number of benzene rings is 1. The highest BCUT2D eigenvalue weighted by Crippen LogP contribution is 2.21. The Morgan fingerprint density at radius 2 is 1.89 bits per heavy atom. The zero-order valence-corrected chi connectivity index (χ0v) is 17.8. The van der Waals surface area contributed by atoms with Gasteiger partial charge < -0.3 is 25.6 Å². The van der Waals surface area contributed by atoms with Crippen molar-refractivity contribution in [3.8, 4) is 0 Å². The first-order valence-corrected chi connectivity index (χ1v) is 9.27. The first-order valence-electron chi connectivity index (χ1n) is 9.27. The number of nitrogens with zero attached hydrogens (tertiary/aromatic N) is 2. The van der Waals surface area contributed by atoms with Gasteiger partial charge in [0.2, 0.25) is 5.91 Å². The third-order valence-corrected chi connectivity index (χ3v) is 5.07. The summed E-state index contributed by atoms with van der Waals surface area (Å²) < 4.78 is 5.63. The van der Waals surface area contributed by atoms with Gasteiger partial charge in [-0.15, -0.1) is 24.8 Å². The van der Waals surface area contributed by atoms with E-state index in [2.05, 4.69) is 17.3 Å². The third kappa shape index (κ3) is 6.60. The molecule has 0 aliphatic carbocycles. The maximum absolute atomic E-state index is 12.5. The number of piperazine rings is 1. The Labute approximate surface area is 178 Å². The minimum atomic E-state index is -0.445. The summed E-state index contributed by atoms with van der Waals surface area (Å²) in [6.45, 7) is 3.80. The van der Waals surface area contributed by atoms with Crippen molar-refractivity contribution in [2.75, 3.05) is 45.1 Å². The van der Waals surface area contributed by atoms with Crippen LogP contribution in [0.4, 0.5) is 5.69 Å². The Morgan fingerprint density at radius 1 is 1.18 bits per heavy atom. The molecular formula is C19H30Cl2N4O3. The molecule has 2 aliphatic heterocycles. The summed E-state index contributed by atoms with van der Waals surface area (Å²) in [6, 6.07) is 7.47. The van der Waals surface area contributed by atoms with Gasteiger partial charge in [-0.05, 0) is 37.6 Å². The zero-order valence-electron chi connectivity index (χ0n) is 16.1. The number of ether oxygens (including phenoxy) is 1. The standard InChI is InChI=1S/C19H28N4O3.2ClH/c1-22-7-9-23(10-8-22)18(24)12-14-3-2-4-15(11-14)21-19(25)17-6-5-16(13-20)26-17;;/h2-4,11,16-17H,5-10,12-13,20H2,1H3,(H,21,25);2*1H/t16-,17+;;/m1../s1. The number of hydrogen-bond donors (Lipinski definition) is 2. The molecule has 158 valence electrons. The summed E-state index contributed by atoms with van der Waals surface area (Å²) in [5.41, 5.74) is 7.18. The molecule has 2 aliphatic rings. The van der Waals surface area contributed by atoms with E-state index in [0.29, 0.717) is 25.1 Å². The molecule has 2 amide bonds. The number of rotatable bonds is 5. The highest BCUT2D eigenvalue weighted by Gasteiger charge is 2.29. The highest BCUT2D eigenvalue weighted by molar-refractivity contribution is 5.94. The third-order valence-electron chi connectivity index (χ3n) is 5.07. The number of carbonyl (C=O) groups is 2. The lowest BCUT2D eigenvalue weighted by Gasteiger charge is -2.32. The second kappa shape index (κ2) is 11.6. The molecule has 2 heterocycles. The van der Waals surface area contributed by atoms with Crippen LogP contribution in [0.2, 0.25) is 0 Å². The average molecular weight is 433 g/mol. The van der Waals surface area contributed by atoms with Crippen LogP contribution in [-0.2, 0) is 20.7 Å². The number of amides is 2. The number of nitrogens with two attached hydrogens (primary N) is 1. The molecule has 2 atom stereocenters. The van der Waals surface area contributed by atoms with Crippen LogP contribution in [0.3, 0.4) is 0 Å². The fourth-order valence-electron chi connectivity index (χ4n) is 3.40. The molecule has 0 radical (unpaired) electrons. The number of halogens is 2. The Balaban J connectivity index is 0.00000196. The van der Waals surface area contributed by atoms with Crippen LogP contribution < -0.4 is 11.1 Å². The lowest BCUT2D eigenvalue weighted by molar-refractivity contribution is -0.132. The van der Waals surface area contributed by atoms with Crippen LogP contribution in [0.25, 0.3) is 0 Å². The van der Waals surface area contributed by atoms with Gasteiger partial charge in [0.25, 0.3) is 5.91 Å². The molecule has 0 bridgehead atoms. The van der Waals surface area contributed by atoms with Crippen LogP contribution >= 0.6 is 24.8 Å². The van der Waals surface area contributed by atoms with E-state index in [9.17, 15) is 9.59 Å². The van der Waals surface area contributed by atoms with E-state index in [1.807, 2.05) is 29.2 Å². The van der Waals surface area contributed by atoms with Crippen LogP contribution in [-0.4, -0.2) is 73.6 Å². The van der Waals surface area contributed by atoms with Crippen molar-refractivity contribution >= 4 is 42.3 Å². The minimum absolute atomic E-state index is 0.